The van der Waals surface area contributed by atoms with E-state index in [1.165, 1.54) is 70.6 Å². The lowest BCUT2D eigenvalue weighted by atomic mass is 9.99. The van der Waals surface area contributed by atoms with Crippen LogP contribution in [0.25, 0.3) is 0 Å². The lowest BCUT2D eigenvalue weighted by molar-refractivity contribution is -0.132. The number of nitrogens with one attached hydrogen (secondary N) is 1. The third-order valence-corrected chi connectivity index (χ3v) is 7.48. The smallest absolute Gasteiger partial charge is 0.249 e. The van der Waals surface area contributed by atoms with Gasteiger partial charge in [-0.25, -0.2) is 0 Å². The molecule has 0 aliphatic carbocycles. The molecule has 0 heterocycles. The van der Waals surface area contributed by atoms with Crippen LogP contribution in [0.4, 0.5) is 0 Å². The van der Waals surface area contributed by atoms with Crippen molar-refractivity contribution < 1.29 is 25.2 Å². The molecule has 6 nitrogen and oxygen atoms in total. The first-order valence-electron chi connectivity index (χ1n) is 16.1. The maximum absolute atomic E-state index is 12.3. The van der Waals surface area contributed by atoms with Crippen LogP contribution >= 0.6 is 0 Å². The van der Waals surface area contributed by atoms with Crippen LogP contribution in [0.15, 0.2) is 12.2 Å². The molecular formula is C32H63NO5. The monoisotopic (exact) mass is 541 g/mol. The summed E-state index contributed by atoms with van der Waals surface area (Å²) in [5.74, 6) is -0.597. The molecule has 0 aromatic rings. The van der Waals surface area contributed by atoms with Crippen LogP contribution in [0.1, 0.15) is 155 Å². The Labute approximate surface area is 234 Å². The zero-order valence-corrected chi connectivity index (χ0v) is 24.9. The SMILES string of the molecule is CCCCC/C=C\CCCCCCC(O)C(=O)NC(CO)C(O)C(O)CCCCCCCCCCCCC. The Balaban J connectivity index is 3.92. The summed E-state index contributed by atoms with van der Waals surface area (Å²) in [5, 5.41) is 43.1. The Hall–Kier alpha value is -0.950. The van der Waals surface area contributed by atoms with Crippen LogP contribution < -0.4 is 5.32 Å². The van der Waals surface area contributed by atoms with Crippen molar-refractivity contribution in [3.63, 3.8) is 0 Å². The molecule has 1 amide bonds. The summed E-state index contributed by atoms with van der Waals surface area (Å²) in [6.07, 6.45) is 25.1. The average molecular weight is 542 g/mol. The maximum atomic E-state index is 12.3. The van der Waals surface area contributed by atoms with E-state index in [-0.39, 0.29) is 0 Å². The van der Waals surface area contributed by atoms with E-state index >= 15 is 0 Å². The second-order valence-corrected chi connectivity index (χ2v) is 11.2. The fourth-order valence-electron chi connectivity index (χ4n) is 4.81. The van der Waals surface area contributed by atoms with E-state index in [9.17, 15) is 25.2 Å². The van der Waals surface area contributed by atoms with Crippen molar-refractivity contribution in [1.82, 2.24) is 5.32 Å². The third kappa shape index (κ3) is 21.9. The standard InChI is InChI=1S/C32H63NO5/c1-3-5-7-9-11-13-15-17-19-21-23-25-29(35)31(37)28(27-34)33-32(38)30(36)26-24-22-20-18-16-14-12-10-8-6-4-2/h12,14,28-31,34-37H,3-11,13,15-27H2,1-2H3,(H,33,38)/b14-12-. The molecule has 38 heavy (non-hydrogen) atoms. The van der Waals surface area contributed by atoms with Crippen molar-refractivity contribution in [3.05, 3.63) is 12.2 Å². The number of aliphatic hydroxyl groups excluding tert-OH is 4. The highest BCUT2D eigenvalue weighted by Crippen LogP contribution is 2.15. The van der Waals surface area contributed by atoms with Crippen LogP contribution in [-0.4, -0.2) is 57.3 Å². The van der Waals surface area contributed by atoms with Gasteiger partial charge in [-0.2, -0.15) is 0 Å². The number of hydrogen-bond acceptors (Lipinski definition) is 5. The van der Waals surface area contributed by atoms with Gasteiger partial charge in [0, 0.05) is 0 Å². The Morgan fingerprint density at radius 3 is 1.58 bits per heavy atom. The first-order chi connectivity index (χ1) is 18.5. The molecule has 226 valence electrons. The van der Waals surface area contributed by atoms with E-state index in [1.807, 2.05) is 0 Å². The van der Waals surface area contributed by atoms with Gasteiger partial charge in [-0.05, 0) is 38.5 Å². The van der Waals surface area contributed by atoms with E-state index < -0.39 is 36.9 Å². The molecule has 0 aromatic carbocycles. The van der Waals surface area contributed by atoms with Crippen LogP contribution in [0.3, 0.4) is 0 Å². The van der Waals surface area contributed by atoms with Crippen LogP contribution in [0.5, 0.6) is 0 Å². The lowest BCUT2D eigenvalue weighted by Crippen LogP contribution is -2.53. The van der Waals surface area contributed by atoms with Crippen LogP contribution in [0.2, 0.25) is 0 Å². The molecule has 0 aliphatic rings. The van der Waals surface area contributed by atoms with Gasteiger partial charge in [0.1, 0.15) is 12.2 Å². The van der Waals surface area contributed by atoms with Gasteiger partial charge in [-0.15, -0.1) is 0 Å². The number of aliphatic hydroxyl groups is 4. The molecule has 0 bridgehead atoms. The van der Waals surface area contributed by atoms with Gasteiger partial charge in [0.15, 0.2) is 0 Å². The maximum Gasteiger partial charge on any atom is 0.249 e. The summed E-state index contributed by atoms with van der Waals surface area (Å²) in [6, 6.07) is -0.982. The van der Waals surface area contributed by atoms with Crippen molar-refractivity contribution in [2.24, 2.45) is 0 Å². The van der Waals surface area contributed by atoms with Crippen LogP contribution in [0, 0.1) is 0 Å². The molecule has 5 N–H and O–H groups in total. The molecule has 0 saturated heterocycles. The molecular weight excluding hydrogens is 478 g/mol. The highest BCUT2D eigenvalue weighted by molar-refractivity contribution is 5.80. The molecule has 0 spiro atoms. The largest absolute Gasteiger partial charge is 0.394 e. The summed E-state index contributed by atoms with van der Waals surface area (Å²) in [4.78, 5) is 12.3. The minimum absolute atomic E-state index is 0.355. The predicted molar refractivity (Wildman–Crippen MR) is 159 cm³/mol. The Bertz CT molecular complexity index is 542. The molecule has 0 fully saturated rings. The van der Waals surface area contributed by atoms with Gasteiger partial charge in [0.05, 0.1) is 18.8 Å². The Morgan fingerprint density at radius 1 is 0.632 bits per heavy atom. The average Bonchev–Trinajstić information content (AvgIpc) is 2.92. The first kappa shape index (κ1) is 37.0. The second kappa shape index (κ2) is 27.6. The number of rotatable bonds is 28. The van der Waals surface area contributed by atoms with Crippen molar-refractivity contribution in [3.8, 4) is 0 Å². The van der Waals surface area contributed by atoms with Crippen molar-refractivity contribution >= 4 is 5.91 Å². The number of hydrogen-bond donors (Lipinski definition) is 5. The highest BCUT2D eigenvalue weighted by atomic mass is 16.3. The van der Waals surface area contributed by atoms with E-state index in [4.69, 9.17) is 0 Å². The van der Waals surface area contributed by atoms with Crippen molar-refractivity contribution in [2.45, 2.75) is 179 Å². The third-order valence-electron chi connectivity index (χ3n) is 7.48. The van der Waals surface area contributed by atoms with E-state index in [1.54, 1.807) is 0 Å². The fourth-order valence-corrected chi connectivity index (χ4v) is 4.81. The fraction of sp³-hybridized carbons (Fsp3) is 0.906. The number of unbranched alkanes of at least 4 members (excludes halogenated alkanes) is 17. The van der Waals surface area contributed by atoms with Gasteiger partial charge < -0.3 is 25.7 Å². The lowest BCUT2D eigenvalue weighted by Gasteiger charge is -2.27. The van der Waals surface area contributed by atoms with Gasteiger partial charge in [-0.1, -0.05) is 129 Å². The summed E-state index contributed by atoms with van der Waals surface area (Å²) in [7, 11) is 0. The predicted octanol–water partition coefficient (Wildman–Crippen LogP) is 6.72. The Morgan fingerprint density at radius 2 is 1.05 bits per heavy atom. The van der Waals surface area contributed by atoms with Gasteiger partial charge >= 0.3 is 0 Å². The van der Waals surface area contributed by atoms with Gasteiger partial charge in [0.25, 0.3) is 0 Å². The van der Waals surface area contributed by atoms with Gasteiger partial charge in [0.2, 0.25) is 5.91 Å². The van der Waals surface area contributed by atoms with Gasteiger partial charge in [-0.3, -0.25) is 4.79 Å². The topological polar surface area (TPSA) is 110 Å². The molecule has 0 rings (SSSR count). The van der Waals surface area contributed by atoms with E-state index in [2.05, 4.69) is 31.3 Å². The quantitative estimate of drug-likeness (QED) is 0.0557. The molecule has 0 aromatic heterocycles. The Kier molecular flexibility index (Phi) is 26.9. The molecule has 0 radical (unpaired) electrons. The summed E-state index contributed by atoms with van der Waals surface area (Å²) in [6.45, 7) is 3.96. The molecule has 4 atom stereocenters. The first-order valence-corrected chi connectivity index (χ1v) is 16.1. The molecule has 4 unspecified atom stereocenters. The summed E-state index contributed by atoms with van der Waals surface area (Å²) < 4.78 is 0. The minimum atomic E-state index is -1.26. The number of carbonyl (C=O) groups is 1. The minimum Gasteiger partial charge on any atom is -0.394 e. The molecule has 6 heteroatoms. The highest BCUT2D eigenvalue weighted by Gasteiger charge is 2.28. The van der Waals surface area contributed by atoms with Crippen LogP contribution in [-0.2, 0) is 4.79 Å². The van der Waals surface area contributed by atoms with Crippen molar-refractivity contribution in [2.75, 3.05) is 6.61 Å². The summed E-state index contributed by atoms with van der Waals surface area (Å²) >= 11 is 0. The summed E-state index contributed by atoms with van der Waals surface area (Å²) in [5.41, 5.74) is 0. The molecule has 0 aliphatic heterocycles. The number of carbonyl (C=O) groups excluding carboxylic acids is 1. The second-order valence-electron chi connectivity index (χ2n) is 11.2. The number of allylic oxidation sites excluding steroid dienone is 2. The van der Waals surface area contributed by atoms with Crippen molar-refractivity contribution in [1.29, 1.82) is 0 Å². The zero-order chi connectivity index (χ0) is 28.3. The normalized spacial score (nSPS) is 15.0. The number of amides is 1. The molecule has 0 saturated carbocycles. The van der Waals surface area contributed by atoms with E-state index in [0.29, 0.717) is 12.8 Å². The zero-order valence-electron chi connectivity index (χ0n) is 24.9. The van der Waals surface area contributed by atoms with E-state index in [0.717, 1.165) is 57.8 Å².